The smallest absolute Gasteiger partial charge is 0.270 e. The van der Waals surface area contributed by atoms with E-state index in [0.717, 1.165) is 0 Å². The van der Waals surface area contributed by atoms with Crippen molar-refractivity contribution in [3.8, 4) is 17.0 Å². The van der Waals surface area contributed by atoms with Gasteiger partial charge in [0, 0.05) is 29.1 Å². The van der Waals surface area contributed by atoms with Crippen molar-refractivity contribution in [3.05, 3.63) is 69.8 Å². The number of nitrogens with one attached hydrogen (secondary N) is 1. The Labute approximate surface area is 151 Å². The lowest BCUT2D eigenvalue weighted by Gasteiger charge is -2.05. The van der Waals surface area contributed by atoms with Crippen LogP contribution < -0.4 is 10.1 Å². The second-order valence-electron chi connectivity index (χ2n) is 5.14. The minimum atomic E-state index is -0.484. The van der Waals surface area contributed by atoms with Crippen LogP contribution in [0, 0.1) is 15.9 Å². The van der Waals surface area contributed by atoms with Crippen molar-refractivity contribution in [2.45, 2.75) is 0 Å². The van der Waals surface area contributed by atoms with Gasteiger partial charge in [0.25, 0.3) is 11.6 Å². The Balaban J connectivity index is 1.62. The summed E-state index contributed by atoms with van der Waals surface area (Å²) in [7, 11) is 0. The Bertz CT molecular complexity index is 960. The van der Waals surface area contributed by atoms with Gasteiger partial charge in [-0.05, 0) is 12.1 Å². The van der Waals surface area contributed by atoms with Crippen LogP contribution in [0.5, 0.6) is 5.75 Å². The highest BCUT2D eigenvalue weighted by Crippen LogP contribution is 2.27. The molecular formula is C17H12FN3O4S. The minimum absolute atomic E-state index is 0.0374. The van der Waals surface area contributed by atoms with E-state index in [4.69, 9.17) is 4.74 Å². The van der Waals surface area contributed by atoms with Gasteiger partial charge in [-0.15, -0.1) is 11.3 Å². The average Bonchev–Trinajstić information content (AvgIpc) is 3.08. The number of thiazole rings is 1. The Kier molecular flexibility index (Phi) is 5.18. The number of benzene rings is 2. The van der Waals surface area contributed by atoms with Gasteiger partial charge in [-0.1, -0.05) is 18.2 Å². The molecule has 1 N–H and O–H groups in total. The molecule has 0 saturated heterocycles. The van der Waals surface area contributed by atoms with Crippen molar-refractivity contribution in [1.29, 1.82) is 0 Å². The van der Waals surface area contributed by atoms with Crippen LogP contribution in [0.4, 0.5) is 15.2 Å². The maximum atomic E-state index is 13.0. The summed E-state index contributed by atoms with van der Waals surface area (Å²) in [6.45, 7) is -0.296. The van der Waals surface area contributed by atoms with E-state index in [1.807, 2.05) is 0 Å². The van der Waals surface area contributed by atoms with E-state index in [1.54, 1.807) is 23.6 Å². The second kappa shape index (κ2) is 7.70. The fraction of sp³-hybridized carbons (Fsp3) is 0.0588. The molecule has 0 aliphatic heterocycles. The molecule has 0 fully saturated rings. The Hall–Kier alpha value is -3.33. The molecule has 0 aliphatic carbocycles. The van der Waals surface area contributed by atoms with Crippen LogP contribution in [-0.2, 0) is 4.79 Å². The van der Waals surface area contributed by atoms with Gasteiger partial charge in [0.1, 0.15) is 11.6 Å². The van der Waals surface area contributed by atoms with E-state index in [0.29, 0.717) is 16.4 Å². The standard InChI is InChI=1S/C17H12FN3O4S/c18-12-4-2-6-14(8-12)25-9-16(22)20-17-19-15(10-26-17)11-3-1-5-13(7-11)21(23)24/h1-8,10H,9H2,(H,19,20,22). The summed E-state index contributed by atoms with van der Waals surface area (Å²) in [5.74, 6) is -0.657. The molecule has 3 rings (SSSR count). The third-order valence-corrected chi connectivity index (χ3v) is 4.03. The van der Waals surface area contributed by atoms with Crippen LogP contribution in [0.15, 0.2) is 53.9 Å². The normalized spacial score (nSPS) is 10.3. The molecule has 0 radical (unpaired) electrons. The number of carbonyl (C=O) groups is 1. The molecule has 132 valence electrons. The zero-order valence-corrected chi connectivity index (χ0v) is 14.0. The predicted octanol–water partition coefficient (Wildman–Crippen LogP) is 3.87. The van der Waals surface area contributed by atoms with Gasteiger partial charge >= 0.3 is 0 Å². The van der Waals surface area contributed by atoms with Crippen LogP contribution in [-0.4, -0.2) is 22.4 Å². The molecule has 1 heterocycles. The molecule has 3 aromatic rings. The fourth-order valence-corrected chi connectivity index (χ4v) is 2.84. The van der Waals surface area contributed by atoms with Gasteiger partial charge in [-0.2, -0.15) is 0 Å². The lowest BCUT2D eigenvalue weighted by Crippen LogP contribution is -2.20. The monoisotopic (exact) mass is 373 g/mol. The van der Waals surface area contributed by atoms with E-state index in [2.05, 4.69) is 10.3 Å². The van der Waals surface area contributed by atoms with E-state index in [-0.39, 0.29) is 18.0 Å². The Morgan fingerprint density at radius 3 is 2.85 bits per heavy atom. The summed E-state index contributed by atoms with van der Waals surface area (Å²) in [6, 6.07) is 11.5. The zero-order chi connectivity index (χ0) is 18.5. The number of anilines is 1. The van der Waals surface area contributed by atoms with Crippen molar-refractivity contribution in [1.82, 2.24) is 4.98 Å². The SMILES string of the molecule is O=C(COc1cccc(F)c1)Nc1nc(-c2cccc([N+](=O)[O-])c2)cs1. The number of rotatable bonds is 6. The highest BCUT2D eigenvalue weighted by molar-refractivity contribution is 7.14. The first-order valence-corrected chi connectivity index (χ1v) is 8.28. The van der Waals surface area contributed by atoms with Crippen LogP contribution in [0.3, 0.4) is 0 Å². The topological polar surface area (TPSA) is 94.4 Å². The molecular weight excluding hydrogens is 361 g/mol. The number of nitrogens with zero attached hydrogens (tertiary/aromatic N) is 2. The number of nitro benzene ring substituents is 1. The van der Waals surface area contributed by atoms with Gasteiger partial charge in [-0.3, -0.25) is 20.2 Å². The Morgan fingerprint density at radius 2 is 2.08 bits per heavy atom. The number of nitro groups is 1. The predicted molar refractivity (Wildman–Crippen MR) is 94.7 cm³/mol. The van der Waals surface area contributed by atoms with Crippen LogP contribution >= 0.6 is 11.3 Å². The molecule has 0 unspecified atom stereocenters. The summed E-state index contributed by atoms with van der Waals surface area (Å²) in [6.07, 6.45) is 0. The first kappa shape index (κ1) is 17.5. The van der Waals surface area contributed by atoms with Crippen LogP contribution in [0.2, 0.25) is 0 Å². The van der Waals surface area contributed by atoms with Crippen molar-refractivity contribution >= 4 is 28.1 Å². The molecule has 0 saturated carbocycles. The summed E-state index contributed by atoms with van der Waals surface area (Å²) < 4.78 is 18.3. The lowest BCUT2D eigenvalue weighted by molar-refractivity contribution is -0.384. The zero-order valence-electron chi connectivity index (χ0n) is 13.2. The number of ether oxygens (including phenoxy) is 1. The van der Waals surface area contributed by atoms with Crippen molar-refractivity contribution in [2.75, 3.05) is 11.9 Å². The molecule has 0 bridgehead atoms. The number of amides is 1. The van der Waals surface area contributed by atoms with E-state index >= 15 is 0 Å². The first-order valence-electron chi connectivity index (χ1n) is 7.40. The summed E-state index contributed by atoms with van der Waals surface area (Å²) >= 11 is 1.18. The summed E-state index contributed by atoms with van der Waals surface area (Å²) in [5, 5.41) is 15.4. The molecule has 0 aliphatic rings. The molecule has 2 aromatic carbocycles. The molecule has 26 heavy (non-hydrogen) atoms. The number of aromatic nitrogens is 1. The highest BCUT2D eigenvalue weighted by atomic mass is 32.1. The first-order chi connectivity index (χ1) is 12.5. The quantitative estimate of drug-likeness (QED) is 0.523. The maximum absolute atomic E-state index is 13.0. The summed E-state index contributed by atoms with van der Waals surface area (Å²) in [4.78, 5) is 26.5. The molecule has 7 nitrogen and oxygen atoms in total. The lowest BCUT2D eigenvalue weighted by atomic mass is 10.1. The Morgan fingerprint density at radius 1 is 1.27 bits per heavy atom. The van der Waals surface area contributed by atoms with E-state index in [9.17, 15) is 19.3 Å². The largest absolute Gasteiger partial charge is 0.484 e. The van der Waals surface area contributed by atoms with Crippen LogP contribution in [0.1, 0.15) is 0 Å². The second-order valence-corrected chi connectivity index (χ2v) is 6.00. The molecule has 1 amide bonds. The maximum Gasteiger partial charge on any atom is 0.270 e. The molecule has 9 heteroatoms. The average molecular weight is 373 g/mol. The molecule has 0 atom stereocenters. The van der Waals surface area contributed by atoms with Crippen molar-refractivity contribution in [3.63, 3.8) is 0 Å². The number of non-ortho nitro benzene ring substituents is 1. The van der Waals surface area contributed by atoms with Gasteiger partial charge in [-0.25, -0.2) is 9.37 Å². The van der Waals surface area contributed by atoms with Crippen LogP contribution in [0.25, 0.3) is 11.3 Å². The molecule has 1 aromatic heterocycles. The number of hydrogen-bond donors (Lipinski definition) is 1. The summed E-state index contributed by atoms with van der Waals surface area (Å²) in [5.41, 5.74) is 1.05. The highest BCUT2D eigenvalue weighted by Gasteiger charge is 2.12. The fourth-order valence-electron chi connectivity index (χ4n) is 2.10. The number of carbonyl (C=O) groups excluding carboxylic acids is 1. The molecule has 0 spiro atoms. The van der Waals surface area contributed by atoms with Gasteiger partial charge in [0.15, 0.2) is 11.7 Å². The van der Waals surface area contributed by atoms with Crippen molar-refractivity contribution < 1.29 is 18.8 Å². The van der Waals surface area contributed by atoms with E-state index in [1.165, 1.54) is 41.7 Å². The number of hydrogen-bond acceptors (Lipinski definition) is 6. The van der Waals surface area contributed by atoms with Gasteiger partial charge in [0.05, 0.1) is 10.6 Å². The third-order valence-electron chi connectivity index (χ3n) is 3.27. The van der Waals surface area contributed by atoms with Crippen molar-refractivity contribution in [2.24, 2.45) is 0 Å². The number of halogens is 1. The van der Waals surface area contributed by atoms with E-state index < -0.39 is 16.6 Å². The van der Waals surface area contributed by atoms with Gasteiger partial charge < -0.3 is 4.74 Å². The van der Waals surface area contributed by atoms with Gasteiger partial charge in [0.2, 0.25) is 0 Å². The minimum Gasteiger partial charge on any atom is -0.484 e. The third kappa shape index (κ3) is 4.39.